The fraction of sp³-hybridized carbons (Fsp3) is 0.600. The molecule has 2 heterocycles. The number of carbonyl (C=O) groups is 2. The van der Waals surface area contributed by atoms with Crippen LogP contribution < -0.4 is 20.3 Å². The average Bonchev–Trinajstić information content (AvgIpc) is 3.49. The minimum absolute atomic E-state index is 0.0249. The summed E-state index contributed by atoms with van der Waals surface area (Å²) in [5.74, 6) is 0.238. The Labute approximate surface area is 186 Å². The number of ether oxygens (including phenoxy) is 1. The van der Waals surface area contributed by atoms with Crippen molar-refractivity contribution in [3.8, 4) is 11.9 Å². The molecule has 0 radical (unpaired) electrons. The van der Waals surface area contributed by atoms with Gasteiger partial charge < -0.3 is 9.64 Å². The average molecular weight is 466 g/mol. The number of H-pyrrole nitrogens is 1. The van der Waals surface area contributed by atoms with E-state index >= 15 is 0 Å². The number of carbonyl (C=O) groups excluding carboxylic acids is 2. The number of unbranched alkanes of at least 4 members (excludes halogenated alkanes) is 2. The molecular formula is C20H27N5O6S. The monoisotopic (exact) mass is 465 g/mol. The fourth-order valence-electron chi connectivity index (χ4n) is 3.34. The van der Waals surface area contributed by atoms with E-state index in [0.717, 1.165) is 12.8 Å². The Morgan fingerprint density at radius 3 is 2.66 bits per heavy atom. The van der Waals surface area contributed by atoms with Crippen LogP contribution in [0.15, 0.2) is 16.9 Å². The fourth-order valence-corrected chi connectivity index (χ4v) is 4.69. The van der Waals surface area contributed by atoms with Crippen molar-refractivity contribution in [3.63, 3.8) is 0 Å². The highest BCUT2D eigenvalue weighted by atomic mass is 32.2. The third kappa shape index (κ3) is 7.35. The van der Waals surface area contributed by atoms with Crippen LogP contribution in [0.3, 0.4) is 0 Å². The van der Waals surface area contributed by atoms with E-state index in [1.165, 1.54) is 11.0 Å². The third-order valence-corrected chi connectivity index (χ3v) is 6.71. The highest BCUT2D eigenvalue weighted by molar-refractivity contribution is 7.89. The second-order valence-electron chi connectivity index (χ2n) is 8.08. The van der Waals surface area contributed by atoms with E-state index in [4.69, 9.17) is 10.00 Å². The number of nitrogens with zero attached hydrogens (tertiary/aromatic N) is 2. The van der Waals surface area contributed by atoms with Crippen molar-refractivity contribution < 1.29 is 22.7 Å². The number of hydrogen-bond acceptors (Lipinski definition) is 7. The summed E-state index contributed by atoms with van der Waals surface area (Å²) in [5, 5.41) is 11.3. The normalized spacial score (nSPS) is 17.2. The molecule has 0 aromatic carbocycles. The number of urea groups is 1. The van der Waals surface area contributed by atoms with Gasteiger partial charge in [0.1, 0.15) is 6.54 Å². The molecule has 2 fully saturated rings. The van der Waals surface area contributed by atoms with Crippen molar-refractivity contribution in [1.82, 2.24) is 19.9 Å². The summed E-state index contributed by atoms with van der Waals surface area (Å²) in [7, 11) is -3.71. The van der Waals surface area contributed by atoms with E-state index < -0.39 is 27.7 Å². The number of aromatic nitrogens is 1. The number of sulfonamides is 1. The molecule has 3 amide bonds. The first-order chi connectivity index (χ1) is 15.3. The van der Waals surface area contributed by atoms with Gasteiger partial charge in [0, 0.05) is 18.7 Å². The molecule has 1 saturated carbocycles. The molecule has 3 N–H and O–H groups in total. The van der Waals surface area contributed by atoms with Gasteiger partial charge in [0.05, 0.1) is 30.9 Å². The van der Waals surface area contributed by atoms with Crippen molar-refractivity contribution in [3.05, 3.63) is 28.0 Å². The van der Waals surface area contributed by atoms with Crippen molar-refractivity contribution in [1.29, 1.82) is 5.26 Å². The quantitative estimate of drug-likeness (QED) is 0.286. The van der Waals surface area contributed by atoms with E-state index in [9.17, 15) is 22.8 Å². The van der Waals surface area contributed by atoms with Crippen molar-refractivity contribution in [2.45, 2.75) is 44.6 Å². The maximum absolute atomic E-state index is 12.5. The first kappa shape index (κ1) is 23.7. The van der Waals surface area contributed by atoms with Crippen molar-refractivity contribution in [2.24, 2.45) is 5.92 Å². The summed E-state index contributed by atoms with van der Waals surface area (Å²) in [5.41, 5.74) is -0.0609. The van der Waals surface area contributed by atoms with E-state index in [2.05, 4.69) is 15.0 Å². The van der Waals surface area contributed by atoms with Crippen LogP contribution in [0, 0.1) is 17.2 Å². The molecule has 0 unspecified atom stereocenters. The standard InChI is InChI=1S/C20H27N5O6S/c21-7-6-16(15-10-17(26)22-19(11-15)31-13-14-4-5-14)24-32(29,30)9-3-1-2-8-25-12-18(27)23-20(25)28/h10-11,14,16,24H,1-6,8-9,12-13H2,(H,22,26)(H,23,27,28)/t16-/m1/s1. The zero-order valence-electron chi connectivity index (χ0n) is 17.6. The smallest absolute Gasteiger partial charge is 0.324 e. The lowest BCUT2D eigenvalue weighted by atomic mass is 10.1. The van der Waals surface area contributed by atoms with Crippen LogP contribution >= 0.6 is 0 Å². The Balaban J connectivity index is 1.51. The third-order valence-electron chi connectivity index (χ3n) is 5.24. The first-order valence-electron chi connectivity index (χ1n) is 10.6. The van der Waals surface area contributed by atoms with E-state index in [0.29, 0.717) is 43.9 Å². The van der Waals surface area contributed by atoms with Gasteiger partial charge in [0.25, 0.3) is 5.56 Å². The molecule has 1 aliphatic heterocycles. The number of nitriles is 1. The van der Waals surface area contributed by atoms with Crippen molar-refractivity contribution >= 4 is 22.0 Å². The Bertz CT molecular complexity index is 1040. The topological polar surface area (TPSA) is 161 Å². The molecule has 3 rings (SSSR count). The molecule has 1 aromatic rings. The molecule has 12 heteroatoms. The number of rotatable bonds is 13. The van der Waals surface area contributed by atoms with Gasteiger partial charge in [-0.1, -0.05) is 6.42 Å². The largest absolute Gasteiger partial charge is 0.479 e. The Kier molecular flexibility index (Phi) is 7.87. The number of imide groups is 1. The molecule has 1 aliphatic carbocycles. The minimum atomic E-state index is -3.71. The molecule has 1 saturated heterocycles. The van der Waals surface area contributed by atoms with Crippen LogP contribution in [0.2, 0.25) is 0 Å². The van der Waals surface area contributed by atoms with Gasteiger partial charge in [0.15, 0.2) is 5.88 Å². The molecule has 2 aliphatic rings. The highest BCUT2D eigenvalue weighted by Crippen LogP contribution is 2.29. The molecular weight excluding hydrogens is 438 g/mol. The van der Waals surface area contributed by atoms with Crippen LogP contribution in [-0.2, 0) is 14.8 Å². The van der Waals surface area contributed by atoms with E-state index in [-0.39, 0.29) is 30.5 Å². The zero-order chi connectivity index (χ0) is 23.1. The molecule has 11 nitrogen and oxygen atoms in total. The van der Waals surface area contributed by atoms with E-state index in [1.54, 1.807) is 6.07 Å². The summed E-state index contributed by atoms with van der Waals surface area (Å²) in [6, 6.07) is 3.47. The summed E-state index contributed by atoms with van der Waals surface area (Å²) >= 11 is 0. The second kappa shape index (κ2) is 10.6. The Hall–Kier alpha value is -2.91. The van der Waals surface area contributed by atoms with Gasteiger partial charge in [-0.25, -0.2) is 17.9 Å². The molecule has 0 spiro atoms. The minimum Gasteiger partial charge on any atom is -0.479 e. The van der Waals surface area contributed by atoms with Gasteiger partial charge in [-0.05, 0) is 37.2 Å². The highest BCUT2D eigenvalue weighted by Gasteiger charge is 2.26. The Morgan fingerprint density at radius 1 is 1.22 bits per heavy atom. The summed E-state index contributed by atoms with van der Waals surface area (Å²) in [4.78, 5) is 38.6. The lowest BCUT2D eigenvalue weighted by Gasteiger charge is -2.17. The molecule has 1 atom stereocenters. The van der Waals surface area contributed by atoms with Crippen LogP contribution in [-0.4, -0.2) is 55.7 Å². The summed E-state index contributed by atoms with van der Waals surface area (Å²) < 4.78 is 33.2. The number of aromatic amines is 1. The zero-order valence-corrected chi connectivity index (χ0v) is 18.4. The van der Waals surface area contributed by atoms with Gasteiger partial charge in [-0.15, -0.1) is 0 Å². The summed E-state index contributed by atoms with van der Waals surface area (Å²) in [6.45, 7) is 0.886. The lowest BCUT2D eigenvalue weighted by Crippen LogP contribution is -2.31. The maximum Gasteiger partial charge on any atom is 0.324 e. The molecule has 1 aromatic heterocycles. The molecule has 32 heavy (non-hydrogen) atoms. The van der Waals surface area contributed by atoms with Gasteiger partial charge in [-0.3, -0.25) is 19.9 Å². The SMILES string of the molecule is N#CC[C@@H](NS(=O)(=O)CCCCCN1CC(=O)NC1=O)c1cc(OCC2CC2)[nH]c(=O)c1. The lowest BCUT2D eigenvalue weighted by molar-refractivity contribution is -0.118. The number of pyridine rings is 1. The van der Waals surface area contributed by atoms with Crippen LogP contribution in [0.4, 0.5) is 4.79 Å². The first-order valence-corrected chi connectivity index (χ1v) is 12.2. The van der Waals surface area contributed by atoms with Crippen LogP contribution in [0.25, 0.3) is 0 Å². The molecule has 174 valence electrons. The van der Waals surface area contributed by atoms with Crippen LogP contribution in [0.5, 0.6) is 5.88 Å². The van der Waals surface area contributed by atoms with Gasteiger partial charge in [0.2, 0.25) is 15.9 Å². The second-order valence-corrected chi connectivity index (χ2v) is 9.96. The number of hydrogen-bond donors (Lipinski definition) is 3. The van der Waals surface area contributed by atoms with Crippen molar-refractivity contribution in [2.75, 3.05) is 25.4 Å². The predicted octanol–water partition coefficient (Wildman–Crippen LogP) is 0.760. The summed E-state index contributed by atoms with van der Waals surface area (Å²) in [6.07, 6.45) is 3.50. The molecule has 0 bridgehead atoms. The van der Waals surface area contributed by atoms with E-state index in [1.807, 2.05) is 6.07 Å². The Morgan fingerprint density at radius 2 is 2.00 bits per heavy atom. The van der Waals surface area contributed by atoms with Gasteiger partial charge in [-0.2, -0.15) is 5.26 Å². The number of nitrogens with one attached hydrogen (secondary N) is 3. The number of amides is 3. The maximum atomic E-state index is 12.5. The van der Waals surface area contributed by atoms with Gasteiger partial charge >= 0.3 is 6.03 Å². The predicted molar refractivity (Wildman–Crippen MR) is 114 cm³/mol. The van der Waals surface area contributed by atoms with Crippen LogP contribution in [0.1, 0.15) is 50.1 Å².